The van der Waals surface area contributed by atoms with Crippen LogP contribution < -0.4 is 10.5 Å². The quantitative estimate of drug-likeness (QED) is 0.857. The zero-order valence-electron chi connectivity index (χ0n) is 12.1. The van der Waals surface area contributed by atoms with E-state index in [2.05, 4.69) is 11.8 Å². The molecule has 0 aliphatic heterocycles. The highest BCUT2D eigenvalue weighted by atomic mass is 16.5. The molecule has 0 spiro atoms. The van der Waals surface area contributed by atoms with Crippen molar-refractivity contribution in [2.45, 2.75) is 13.2 Å². The lowest BCUT2D eigenvalue weighted by atomic mass is 10.1. The first-order valence-electron chi connectivity index (χ1n) is 6.81. The fourth-order valence-electron chi connectivity index (χ4n) is 1.96. The number of rotatable bonds is 5. The van der Waals surface area contributed by atoms with Gasteiger partial charge in [0.1, 0.15) is 5.75 Å². The lowest BCUT2D eigenvalue weighted by Crippen LogP contribution is -1.98. The molecule has 0 saturated heterocycles. The number of methoxy groups -OCH3 is 1. The lowest BCUT2D eigenvalue weighted by molar-refractivity contribution is 0.107. The van der Waals surface area contributed by atoms with E-state index in [4.69, 9.17) is 15.2 Å². The molecule has 0 bridgehead atoms. The average Bonchev–Trinajstić information content (AvgIpc) is 2.54. The summed E-state index contributed by atoms with van der Waals surface area (Å²) in [6, 6.07) is 15.8. The molecule has 0 amide bonds. The Morgan fingerprint density at radius 2 is 1.90 bits per heavy atom. The third kappa shape index (κ3) is 4.64. The highest BCUT2D eigenvalue weighted by Gasteiger charge is 2.01. The summed E-state index contributed by atoms with van der Waals surface area (Å²) in [5, 5.41) is 0. The molecule has 2 aromatic carbocycles. The SMILES string of the molecule is COc1cccc(COCc2ccccc2C#CCN)c1. The van der Waals surface area contributed by atoms with E-state index in [0.29, 0.717) is 19.8 Å². The lowest BCUT2D eigenvalue weighted by Gasteiger charge is -2.08. The molecule has 0 aliphatic rings. The molecule has 2 rings (SSSR count). The summed E-state index contributed by atoms with van der Waals surface area (Å²) >= 11 is 0. The minimum Gasteiger partial charge on any atom is -0.497 e. The normalized spacial score (nSPS) is 9.81. The molecule has 0 fully saturated rings. The Kier molecular flexibility index (Phi) is 5.83. The van der Waals surface area contributed by atoms with Crippen LogP contribution in [-0.4, -0.2) is 13.7 Å². The van der Waals surface area contributed by atoms with Crippen molar-refractivity contribution in [1.29, 1.82) is 0 Å². The van der Waals surface area contributed by atoms with E-state index in [0.717, 1.165) is 22.4 Å². The summed E-state index contributed by atoms with van der Waals surface area (Å²) in [7, 11) is 1.66. The molecule has 0 unspecified atom stereocenters. The average molecular weight is 281 g/mol. The third-order valence-corrected chi connectivity index (χ3v) is 3.00. The third-order valence-electron chi connectivity index (χ3n) is 3.00. The molecular formula is C18H19NO2. The molecule has 0 radical (unpaired) electrons. The monoisotopic (exact) mass is 281 g/mol. The van der Waals surface area contributed by atoms with Crippen LogP contribution in [0.1, 0.15) is 16.7 Å². The summed E-state index contributed by atoms with van der Waals surface area (Å²) in [6.45, 7) is 1.42. The largest absolute Gasteiger partial charge is 0.497 e. The summed E-state index contributed by atoms with van der Waals surface area (Å²) in [4.78, 5) is 0. The molecule has 0 atom stereocenters. The number of hydrogen-bond acceptors (Lipinski definition) is 3. The van der Waals surface area contributed by atoms with Crippen LogP contribution in [0.3, 0.4) is 0 Å². The van der Waals surface area contributed by atoms with Crippen molar-refractivity contribution in [2.75, 3.05) is 13.7 Å². The van der Waals surface area contributed by atoms with E-state index in [-0.39, 0.29) is 0 Å². The van der Waals surface area contributed by atoms with Crippen LogP contribution in [0.4, 0.5) is 0 Å². The summed E-state index contributed by atoms with van der Waals surface area (Å²) in [5.41, 5.74) is 8.53. The van der Waals surface area contributed by atoms with Gasteiger partial charge in [-0.05, 0) is 29.3 Å². The van der Waals surface area contributed by atoms with E-state index >= 15 is 0 Å². The fraction of sp³-hybridized carbons (Fsp3) is 0.222. The van der Waals surface area contributed by atoms with E-state index in [1.165, 1.54) is 0 Å². The number of nitrogens with two attached hydrogens (primary N) is 1. The second kappa shape index (κ2) is 8.11. The molecule has 2 N–H and O–H groups in total. The standard InChI is InChI=1S/C18H19NO2/c1-20-18-10-4-6-15(12-18)13-21-14-17-8-3-2-7-16(17)9-5-11-19/h2-4,6-8,10,12H,11,13-14,19H2,1H3. The van der Waals surface area contributed by atoms with Gasteiger partial charge >= 0.3 is 0 Å². The van der Waals surface area contributed by atoms with Gasteiger partial charge in [-0.15, -0.1) is 0 Å². The van der Waals surface area contributed by atoms with Gasteiger partial charge in [-0.3, -0.25) is 0 Å². The molecule has 0 aliphatic carbocycles. The Morgan fingerprint density at radius 3 is 2.71 bits per heavy atom. The summed E-state index contributed by atoms with van der Waals surface area (Å²) in [6.07, 6.45) is 0. The topological polar surface area (TPSA) is 44.5 Å². The number of ether oxygens (including phenoxy) is 2. The van der Waals surface area contributed by atoms with Crippen LogP contribution in [0.15, 0.2) is 48.5 Å². The fourth-order valence-corrected chi connectivity index (χ4v) is 1.96. The van der Waals surface area contributed by atoms with Crippen molar-refractivity contribution in [1.82, 2.24) is 0 Å². The van der Waals surface area contributed by atoms with Crippen molar-refractivity contribution in [2.24, 2.45) is 5.73 Å². The van der Waals surface area contributed by atoms with Gasteiger partial charge in [-0.25, -0.2) is 0 Å². The van der Waals surface area contributed by atoms with Crippen LogP contribution in [0.25, 0.3) is 0 Å². The summed E-state index contributed by atoms with van der Waals surface area (Å²) in [5.74, 6) is 6.78. The van der Waals surface area contributed by atoms with Gasteiger partial charge in [0.25, 0.3) is 0 Å². The van der Waals surface area contributed by atoms with Crippen LogP contribution in [-0.2, 0) is 18.0 Å². The van der Waals surface area contributed by atoms with E-state index in [9.17, 15) is 0 Å². The second-order valence-electron chi connectivity index (χ2n) is 4.51. The van der Waals surface area contributed by atoms with Gasteiger partial charge in [0, 0.05) is 5.56 Å². The Morgan fingerprint density at radius 1 is 1.05 bits per heavy atom. The van der Waals surface area contributed by atoms with Crippen molar-refractivity contribution in [3.63, 3.8) is 0 Å². The van der Waals surface area contributed by atoms with Crippen LogP contribution in [0, 0.1) is 11.8 Å². The highest BCUT2D eigenvalue weighted by molar-refractivity contribution is 5.41. The highest BCUT2D eigenvalue weighted by Crippen LogP contribution is 2.15. The van der Waals surface area contributed by atoms with Crippen molar-refractivity contribution in [3.05, 3.63) is 65.2 Å². The molecular weight excluding hydrogens is 262 g/mol. The zero-order chi connectivity index (χ0) is 14.9. The minimum absolute atomic E-state index is 0.360. The maximum Gasteiger partial charge on any atom is 0.119 e. The predicted molar refractivity (Wildman–Crippen MR) is 83.9 cm³/mol. The first-order chi connectivity index (χ1) is 10.3. The molecule has 0 aromatic heterocycles. The zero-order valence-corrected chi connectivity index (χ0v) is 12.1. The van der Waals surface area contributed by atoms with Gasteiger partial charge in [0.15, 0.2) is 0 Å². The van der Waals surface area contributed by atoms with E-state index in [1.807, 2.05) is 48.5 Å². The van der Waals surface area contributed by atoms with Crippen molar-refractivity contribution < 1.29 is 9.47 Å². The maximum atomic E-state index is 5.77. The van der Waals surface area contributed by atoms with Gasteiger partial charge < -0.3 is 15.2 Å². The molecule has 21 heavy (non-hydrogen) atoms. The van der Waals surface area contributed by atoms with Crippen LogP contribution in [0.5, 0.6) is 5.75 Å². The van der Waals surface area contributed by atoms with Gasteiger partial charge in [0.05, 0.1) is 26.9 Å². The van der Waals surface area contributed by atoms with Crippen LogP contribution in [0.2, 0.25) is 0 Å². The van der Waals surface area contributed by atoms with E-state index in [1.54, 1.807) is 7.11 Å². The Balaban J connectivity index is 1.97. The van der Waals surface area contributed by atoms with Gasteiger partial charge in [-0.1, -0.05) is 42.2 Å². The molecule has 3 heteroatoms. The Labute approximate surface area is 125 Å². The molecule has 2 aromatic rings. The second-order valence-corrected chi connectivity index (χ2v) is 4.51. The van der Waals surface area contributed by atoms with E-state index < -0.39 is 0 Å². The van der Waals surface area contributed by atoms with Gasteiger partial charge in [-0.2, -0.15) is 0 Å². The Bertz CT molecular complexity index is 641. The molecule has 0 saturated carbocycles. The summed E-state index contributed by atoms with van der Waals surface area (Å²) < 4.78 is 11.0. The molecule has 0 heterocycles. The van der Waals surface area contributed by atoms with Gasteiger partial charge in [0.2, 0.25) is 0 Å². The maximum absolute atomic E-state index is 5.77. The predicted octanol–water partition coefficient (Wildman–Crippen LogP) is 2.72. The van der Waals surface area contributed by atoms with Crippen molar-refractivity contribution >= 4 is 0 Å². The van der Waals surface area contributed by atoms with Crippen LogP contribution >= 0.6 is 0 Å². The molecule has 108 valence electrons. The Hall–Kier alpha value is -2.28. The first-order valence-corrected chi connectivity index (χ1v) is 6.81. The first kappa shape index (κ1) is 15.1. The van der Waals surface area contributed by atoms with Crippen molar-refractivity contribution in [3.8, 4) is 17.6 Å². The number of hydrogen-bond donors (Lipinski definition) is 1. The number of benzene rings is 2. The smallest absolute Gasteiger partial charge is 0.119 e. The minimum atomic E-state index is 0.360. The molecule has 3 nitrogen and oxygen atoms in total.